The first-order valence-corrected chi connectivity index (χ1v) is 8.03. The molecule has 20 heavy (non-hydrogen) atoms. The van der Waals surface area contributed by atoms with Crippen molar-refractivity contribution in [3.8, 4) is 0 Å². The van der Waals surface area contributed by atoms with Gasteiger partial charge in [-0.25, -0.2) is 13.6 Å². The fourth-order valence-electron chi connectivity index (χ4n) is 1.66. The molecule has 0 aliphatic carbocycles. The summed E-state index contributed by atoms with van der Waals surface area (Å²) in [5, 5.41) is 13.8. The van der Waals surface area contributed by atoms with Crippen LogP contribution in [0.2, 0.25) is 0 Å². The molecule has 108 valence electrons. The SMILES string of the molecule is Cc1c(Sc2nnc(C)n2C)cc(N)cc1S(N)(=O)=O. The van der Waals surface area contributed by atoms with E-state index in [-0.39, 0.29) is 4.90 Å². The molecule has 4 N–H and O–H groups in total. The number of aromatic nitrogens is 3. The fraction of sp³-hybridized carbons (Fsp3) is 0.273. The second-order valence-corrected chi connectivity index (χ2v) is 6.92. The minimum absolute atomic E-state index is 0.0268. The summed E-state index contributed by atoms with van der Waals surface area (Å²) in [4.78, 5) is 0.711. The number of nitrogen functional groups attached to an aromatic ring is 1. The molecule has 1 aromatic heterocycles. The molecule has 0 aliphatic heterocycles. The van der Waals surface area contributed by atoms with Crippen LogP contribution in [-0.4, -0.2) is 23.2 Å². The highest BCUT2D eigenvalue weighted by atomic mass is 32.2. The van der Waals surface area contributed by atoms with E-state index in [1.165, 1.54) is 17.8 Å². The van der Waals surface area contributed by atoms with Crippen LogP contribution in [0, 0.1) is 13.8 Å². The van der Waals surface area contributed by atoms with Crippen molar-refractivity contribution in [2.75, 3.05) is 5.73 Å². The number of nitrogens with two attached hydrogens (primary N) is 2. The molecule has 0 saturated carbocycles. The number of benzene rings is 1. The van der Waals surface area contributed by atoms with Crippen molar-refractivity contribution in [3.05, 3.63) is 23.5 Å². The summed E-state index contributed by atoms with van der Waals surface area (Å²) in [5.74, 6) is 0.765. The number of anilines is 1. The van der Waals surface area contributed by atoms with E-state index in [1.54, 1.807) is 13.0 Å². The lowest BCUT2D eigenvalue weighted by molar-refractivity contribution is 0.597. The minimum Gasteiger partial charge on any atom is -0.399 e. The molecule has 0 fully saturated rings. The van der Waals surface area contributed by atoms with E-state index in [9.17, 15) is 8.42 Å². The maximum absolute atomic E-state index is 11.6. The Kier molecular flexibility index (Phi) is 3.76. The number of hydrogen-bond acceptors (Lipinski definition) is 6. The maximum Gasteiger partial charge on any atom is 0.238 e. The van der Waals surface area contributed by atoms with Crippen molar-refractivity contribution < 1.29 is 8.42 Å². The molecule has 0 bridgehead atoms. The van der Waals surface area contributed by atoms with Gasteiger partial charge in [-0.05, 0) is 43.3 Å². The molecule has 0 atom stereocenters. The first-order valence-electron chi connectivity index (χ1n) is 5.67. The molecule has 2 aromatic rings. The zero-order valence-corrected chi connectivity index (χ0v) is 12.9. The van der Waals surface area contributed by atoms with Crippen LogP contribution in [-0.2, 0) is 17.1 Å². The smallest absolute Gasteiger partial charge is 0.238 e. The van der Waals surface area contributed by atoms with Crippen LogP contribution >= 0.6 is 11.8 Å². The maximum atomic E-state index is 11.6. The quantitative estimate of drug-likeness (QED) is 0.810. The molecular formula is C11H15N5O2S2. The van der Waals surface area contributed by atoms with E-state index in [0.717, 1.165) is 5.82 Å². The van der Waals surface area contributed by atoms with Crippen LogP contribution in [0.5, 0.6) is 0 Å². The van der Waals surface area contributed by atoms with Gasteiger partial charge in [-0.3, -0.25) is 0 Å². The lowest BCUT2D eigenvalue weighted by Gasteiger charge is -2.10. The van der Waals surface area contributed by atoms with Gasteiger partial charge in [-0.1, -0.05) is 0 Å². The summed E-state index contributed by atoms with van der Waals surface area (Å²) in [6, 6.07) is 3.05. The Morgan fingerprint density at radius 2 is 1.90 bits per heavy atom. The van der Waals surface area contributed by atoms with Gasteiger partial charge in [0.15, 0.2) is 5.16 Å². The van der Waals surface area contributed by atoms with Gasteiger partial charge in [-0.15, -0.1) is 10.2 Å². The summed E-state index contributed by atoms with van der Waals surface area (Å²) >= 11 is 1.30. The van der Waals surface area contributed by atoms with Crippen molar-refractivity contribution in [2.45, 2.75) is 28.8 Å². The van der Waals surface area contributed by atoms with Crippen molar-refractivity contribution in [1.82, 2.24) is 14.8 Å². The third-order valence-electron chi connectivity index (χ3n) is 2.90. The molecule has 7 nitrogen and oxygen atoms in total. The number of sulfonamides is 1. The molecule has 0 spiro atoms. The molecule has 0 aliphatic rings. The van der Waals surface area contributed by atoms with Gasteiger partial charge in [0, 0.05) is 17.6 Å². The van der Waals surface area contributed by atoms with E-state index in [2.05, 4.69) is 10.2 Å². The molecule has 1 heterocycles. The van der Waals surface area contributed by atoms with Crippen LogP contribution in [0.1, 0.15) is 11.4 Å². The lowest BCUT2D eigenvalue weighted by atomic mass is 10.2. The van der Waals surface area contributed by atoms with E-state index >= 15 is 0 Å². The first-order chi connectivity index (χ1) is 9.20. The second-order valence-electron chi connectivity index (χ2n) is 4.38. The fourth-order valence-corrected chi connectivity index (χ4v) is 3.57. The van der Waals surface area contributed by atoms with Crippen molar-refractivity contribution in [2.24, 2.45) is 12.2 Å². The van der Waals surface area contributed by atoms with Crippen molar-refractivity contribution >= 4 is 27.5 Å². The zero-order valence-electron chi connectivity index (χ0n) is 11.3. The summed E-state index contributed by atoms with van der Waals surface area (Å²) in [5.41, 5.74) is 6.63. The van der Waals surface area contributed by atoms with Gasteiger partial charge in [0.2, 0.25) is 10.0 Å². The Balaban J connectivity index is 2.53. The molecule has 9 heteroatoms. The largest absolute Gasteiger partial charge is 0.399 e. The Hall–Kier alpha value is -1.58. The molecule has 1 aromatic carbocycles. The Bertz CT molecular complexity index is 767. The van der Waals surface area contributed by atoms with E-state index < -0.39 is 10.0 Å². The average molecular weight is 313 g/mol. The monoisotopic (exact) mass is 313 g/mol. The highest BCUT2D eigenvalue weighted by Crippen LogP contribution is 2.33. The summed E-state index contributed by atoms with van der Waals surface area (Å²) in [7, 11) is -1.98. The van der Waals surface area contributed by atoms with E-state index in [1.807, 2.05) is 18.5 Å². The average Bonchev–Trinajstić information content (AvgIpc) is 2.64. The predicted molar refractivity (Wildman–Crippen MR) is 76.8 cm³/mol. The lowest BCUT2D eigenvalue weighted by Crippen LogP contribution is -2.14. The van der Waals surface area contributed by atoms with Gasteiger partial charge < -0.3 is 10.3 Å². The minimum atomic E-state index is -3.81. The Labute approximate surface area is 121 Å². The highest BCUT2D eigenvalue weighted by molar-refractivity contribution is 7.99. The van der Waals surface area contributed by atoms with Gasteiger partial charge in [0.25, 0.3) is 0 Å². The first kappa shape index (κ1) is 14.8. The second kappa shape index (κ2) is 5.08. The molecule has 2 rings (SSSR count). The standard InChI is InChI=1S/C11H15N5O2S2/c1-6-9(19-11-15-14-7(2)16(11)3)4-8(12)5-10(6)20(13,17)18/h4-5H,12H2,1-3H3,(H2,13,17,18). The summed E-state index contributed by atoms with van der Waals surface area (Å²) in [6.45, 7) is 3.52. The van der Waals surface area contributed by atoms with Gasteiger partial charge in [-0.2, -0.15) is 0 Å². The van der Waals surface area contributed by atoms with Crippen LogP contribution < -0.4 is 10.9 Å². The highest BCUT2D eigenvalue weighted by Gasteiger charge is 2.17. The van der Waals surface area contributed by atoms with Gasteiger partial charge in [0.1, 0.15) is 5.82 Å². The number of aryl methyl sites for hydroxylation is 1. The van der Waals surface area contributed by atoms with Crippen LogP contribution in [0.4, 0.5) is 5.69 Å². The summed E-state index contributed by atoms with van der Waals surface area (Å²) < 4.78 is 24.9. The number of hydrogen-bond donors (Lipinski definition) is 2. The molecule has 0 radical (unpaired) electrons. The van der Waals surface area contributed by atoms with E-state index in [0.29, 0.717) is 21.3 Å². The van der Waals surface area contributed by atoms with E-state index in [4.69, 9.17) is 10.9 Å². The van der Waals surface area contributed by atoms with Crippen LogP contribution in [0.25, 0.3) is 0 Å². The number of nitrogens with zero attached hydrogens (tertiary/aromatic N) is 3. The normalized spacial score (nSPS) is 11.8. The number of primary sulfonamides is 1. The topological polar surface area (TPSA) is 117 Å². The van der Waals surface area contributed by atoms with Gasteiger partial charge >= 0.3 is 0 Å². The predicted octanol–water partition coefficient (Wildman–Crippen LogP) is 0.813. The number of rotatable bonds is 3. The van der Waals surface area contributed by atoms with Gasteiger partial charge in [0.05, 0.1) is 4.90 Å². The Morgan fingerprint density at radius 1 is 1.25 bits per heavy atom. The third kappa shape index (κ3) is 2.79. The van der Waals surface area contributed by atoms with Crippen LogP contribution in [0.3, 0.4) is 0 Å². The molecule has 0 saturated heterocycles. The molecule has 0 amide bonds. The van der Waals surface area contributed by atoms with Crippen LogP contribution in [0.15, 0.2) is 27.1 Å². The summed E-state index contributed by atoms with van der Waals surface area (Å²) in [6.07, 6.45) is 0. The molecule has 0 unspecified atom stereocenters. The third-order valence-corrected chi connectivity index (χ3v) is 5.11. The molecular weight excluding hydrogens is 298 g/mol. The zero-order chi connectivity index (χ0) is 15.1. The Morgan fingerprint density at radius 3 is 2.40 bits per heavy atom. The van der Waals surface area contributed by atoms with Crippen molar-refractivity contribution in [3.63, 3.8) is 0 Å². The van der Waals surface area contributed by atoms with Crippen molar-refractivity contribution in [1.29, 1.82) is 0 Å².